The molecule has 0 aromatic heterocycles. The van der Waals surface area contributed by atoms with Crippen molar-refractivity contribution in [1.29, 1.82) is 5.26 Å². The lowest BCUT2D eigenvalue weighted by molar-refractivity contribution is -0.122. The number of halogens is 1. The van der Waals surface area contributed by atoms with Crippen molar-refractivity contribution in [2.24, 2.45) is 11.7 Å². The number of rotatable bonds is 4. The molecule has 0 aliphatic heterocycles. The summed E-state index contributed by atoms with van der Waals surface area (Å²) in [7, 11) is 0. The third-order valence-corrected chi connectivity index (χ3v) is 2.04. The predicted octanol–water partition coefficient (Wildman–Crippen LogP) is 1.20. The summed E-state index contributed by atoms with van der Waals surface area (Å²) in [6.07, 6.45) is 0. The van der Waals surface area contributed by atoms with Crippen molar-refractivity contribution in [3.8, 4) is 11.8 Å². The van der Waals surface area contributed by atoms with Crippen LogP contribution in [-0.4, -0.2) is 12.5 Å². The lowest BCUT2D eigenvalue weighted by Gasteiger charge is -2.10. The zero-order valence-electron chi connectivity index (χ0n) is 8.74. The third-order valence-electron chi connectivity index (χ3n) is 2.04. The first kappa shape index (κ1) is 12.0. The lowest BCUT2D eigenvalue weighted by atomic mass is 10.2. The van der Waals surface area contributed by atoms with Gasteiger partial charge in [-0.3, -0.25) is 4.79 Å². The number of primary amides is 1. The molecule has 0 aliphatic carbocycles. The molecule has 0 heterocycles. The van der Waals surface area contributed by atoms with Crippen molar-refractivity contribution < 1.29 is 13.9 Å². The molecule has 1 aromatic carbocycles. The third kappa shape index (κ3) is 2.95. The molecule has 84 valence electrons. The number of nitriles is 1. The highest BCUT2D eigenvalue weighted by Crippen LogP contribution is 2.18. The van der Waals surface area contributed by atoms with Gasteiger partial charge in [0.15, 0.2) is 11.6 Å². The number of nitrogens with zero attached hydrogens (tertiary/aromatic N) is 1. The second-order valence-electron chi connectivity index (χ2n) is 3.37. The highest BCUT2D eigenvalue weighted by molar-refractivity contribution is 5.76. The monoisotopic (exact) mass is 222 g/mol. The molecule has 0 saturated heterocycles. The molecule has 4 nitrogen and oxygen atoms in total. The summed E-state index contributed by atoms with van der Waals surface area (Å²) < 4.78 is 18.4. The van der Waals surface area contributed by atoms with Crippen LogP contribution in [0.1, 0.15) is 12.5 Å². The van der Waals surface area contributed by atoms with Crippen molar-refractivity contribution in [1.82, 2.24) is 0 Å². The van der Waals surface area contributed by atoms with Gasteiger partial charge in [-0.1, -0.05) is 6.92 Å². The number of carbonyl (C=O) groups is 1. The van der Waals surface area contributed by atoms with Crippen molar-refractivity contribution in [3.05, 3.63) is 29.6 Å². The summed E-state index contributed by atoms with van der Waals surface area (Å²) >= 11 is 0. The smallest absolute Gasteiger partial charge is 0.223 e. The van der Waals surface area contributed by atoms with Crippen molar-refractivity contribution in [3.63, 3.8) is 0 Å². The van der Waals surface area contributed by atoms with Crippen molar-refractivity contribution in [2.45, 2.75) is 6.92 Å². The van der Waals surface area contributed by atoms with E-state index >= 15 is 0 Å². The average molecular weight is 222 g/mol. The first-order valence-electron chi connectivity index (χ1n) is 4.66. The molecule has 5 heteroatoms. The molecule has 1 aromatic rings. The number of amides is 1. The van der Waals surface area contributed by atoms with Crippen LogP contribution in [-0.2, 0) is 4.79 Å². The quantitative estimate of drug-likeness (QED) is 0.831. The van der Waals surface area contributed by atoms with Crippen molar-refractivity contribution >= 4 is 5.91 Å². The predicted molar refractivity (Wildman–Crippen MR) is 55.0 cm³/mol. The Kier molecular flexibility index (Phi) is 3.84. The highest BCUT2D eigenvalue weighted by Gasteiger charge is 2.11. The second kappa shape index (κ2) is 5.12. The zero-order valence-corrected chi connectivity index (χ0v) is 8.74. The summed E-state index contributed by atoms with van der Waals surface area (Å²) in [6, 6.07) is 5.67. The molecular formula is C11H11FN2O2. The lowest BCUT2D eigenvalue weighted by Crippen LogP contribution is -2.25. The van der Waals surface area contributed by atoms with E-state index in [1.165, 1.54) is 12.1 Å². The first-order valence-corrected chi connectivity index (χ1v) is 4.66. The molecule has 0 bridgehead atoms. The number of hydrogen-bond acceptors (Lipinski definition) is 3. The van der Waals surface area contributed by atoms with Crippen LogP contribution in [0, 0.1) is 23.1 Å². The molecule has 1 rings (SSSR count). The Labute approximate surface area is 92.4 Å². The molecule has 0 aliphatic rings. The van der Waals surface area contributed by atoms with Crippen LogP contribution >= 0.6 is 0 Å². The normalized spacial score (nSPS) is 11.6. The van der Waals surface area contributed by atoms with Gasteiger partial charge in [0.1, 0.15) is 0 Å². The summed E-state index contributed by atoms with van der Waals surface area (Å²) in [6.45, 7) is 1.60. The number of hydrogen-bond donors (Lipinski definition) is 1. The van der Waals surface area contributed by atoms with E-state index in [-0.39, 0.29) is 17.9 Å². The molecule has 1 atom stereocenters. The van der Waals surface area contributed by atoms with Crippen LogP contribution in [0.15, 0.2) is 18.2 Å². The largest absolute Gasteiger partial charge is 0.490 e. The molecule has 1 unspecified atom stereocenters. The Morgan fingerprint density at radius 3 is 2.88 bits per heavy atom. The second-order valence-corrected chi connectivity index (χ2v) is 3.37. The Morgan fingerprint density at radius 1 is 1.69 bits per heavy atom. The SMILES string of the molecule is CC(COc1ccc(C#N)cc1F)C(N)=O. The molecule has 0 radical (unpaired) electrons. The number of nitrogens with two attached hydrogens (primary N) is 1. The van der Waals surface area contributed by atoms with Gasteiger partial charge in [-0.05, 0) is 18.2 Å². The maximum atomic E-state index is 13.3. The summed E-state index contributed by atoms with van der Waals surface area (Å²) in [5.74, 6) is -1.62. The van der Waals surface area contributed by atoms with Gasteiger partial charge in [0.2, 0.25) is 5.91 Å². The molecule has 16 heavy (non-hydrogen) atoms. The van der Waals surface area contributed by atoms with Gasteiger partial charge in [0, 0.05) is 0 Å². The summed E-state index contributed by atoms with van der Waals surface area (Å²) in [4.78, 5) is 10.7. The van der Waals surface area contributed by atoms with E-state index in [0.717, 1.165) is 6.07 Å². The molecule has 1 amide bonds. The zero-order chi connectivity index (χ0) is 12.1. The van der Waals surface area contributed by atoms with Gasteiger partial charge < -0.3 is 10.5 Å². The molecule has 2 N–H and O–H groups in total. The van der Waals surface area contributed by atoms with Gasteiger partial charge in [-0.25, -0.2) is 4.39 Å². The minimum Gasteiger partial charge on any atom is -0.490 e. The van der Waals surface area contributed by atoms with Crippen LogP contribution < -0.4 is 10.5 Å². The fourth-order valence-electron chi connectivity index (χ4n) is 0.984. The number of carbonyl (C=O) groups excluding carboxylic acids is 1. The van der Waals surface area contributed by atoms with Crippen LogP contribution in [0.3, 0.4) is 0 Å². The number of ether oxygens (including phenoxy) is 1. The van der Waals surface area contributed by atoms with Crippen LogP contribution in [0.4, 0.5) is 4.39 Å². The molecule has 0 saturated carbocycles. The minimum atomic E-state index is -0.629. The van der Waals surface area contributed by atoms with E-state index in [2.05, 4.69) is 0 Å². The van der Waals surface area contributed by atoms with E-state index in [9.17, 15) is 9.18 Å². The van der Waals surface area contributed by atoms with E-state index in [0.29, 0.717) is 0 Å². The molecular weight excluding hydrogens is 211 g/mol. The highest BCUT2D eigenvalue weighted by atomic mass is 19.1. The van der Waals surface area contributed by atoms with E-state index in [4.69, 9.17) is 15.7 Å². The number of benzene rings is 1. The maximum Gasteiger partial charge on any atom is 0.223 e. The fourth-order valence-corrected chi connectivity index (χ4v) is 0.984. The molecule has 0 fully saturated rings. The Hall–Kier alpha value is -2.09. The van der Waals surface area contributed by atoms with E-state index < -0.39 is 17.6 Å². The standard InChI is InChI=1S/C11H11FN2O2/c1-7(11(14)15)6-16-10-3-2-8(5-13)4-9(10)12/h2-4,7H,6H2,1H3,(H2,14,15). The average Bonchev–Trinajstić information content (AvgIpc) is 2.26. The topological polar surface area (TPSA) is 76.1 Å². The fraction of sp³-hybridized carbons (Fsp3) is 0.273. The Balaban J connectivity index is 2.69. The Morgan fingerprint density at radius 2 is 2.38 bits per heavy atom. The van der Waals surface area contributed by atoms with Crippen LogP contribution in [0.5, 0.6) is 5.75 Å². The van der Waals surface area contributed by atoms with E-state index in [1.54, 1.807) is 6.92 Å². The first-order chi connectivity index (χ1) is 7.54. The molecule has 0 spiro atoms. The summed E-state index contributed by atoms with van der Waals surface area (Å²) in [5.41, 5.74) is 5.24. The van der Waals surface area contributed by atoms with Crippen LogP contribution in [0.2, 0.25) is 0 Å². The van der Waals surface area contributed by atoms with Gasteiger partial charge in [-0.2, -0.15) is 5.26 Å². The van der Waals surface area contributed by atoms with Gasteiger partial charge in [-0.15, -0.1) is 0 Å². The van der Waals surface area contributed by atoms with Gasteiger partial charge in [0.05, 0.1) is 24.2 Å². The van der Waals surface area contributed by atoms with E-state index in [1.807, 2.05) is 6.07 Å². The van der Waals surface area contributed by atoms with Gasteiger partial charge >= 0.3 is 0 Å². The Bertz CT molecular complexity index is 440. The minimum absolute atomic E-state index is 0.00657. The maximum absolute atomic E-state index is 13.3. The summed E-state index contributed by atoms with van der Waals surface area (Å²) in [5, 5.41) is 8.53. The van der Waals surface area contributed by atoms with Crippen molar-refractivity contribution in [2.75, 3.05) is 6.61 Å². The van der Waals surface area contributed by atoms with Crippen LogP contribution in [0.25, 0.3) is 0 Å². The van der Waals surface area contributed by atoms with Gasteiger partial charge in [0.25, 0.3) is 0 Å².